The van der Waals surface area contributed by atoms with Crippen LogP contribution in [-0.2, 0) is 0 Å². The van der Waals surface area contributed by atoms with Gasteiger partial charge < -0.3 is 26.2 Å². The van der Waals surface area contributed by atoms with Crippen molar-refractivity contribution in [1.29, 1.82) is 0 Å². The van der Waals surface area contributed by atoms with Gasteiger partial charge in [0, 0.05) is 20.6 Å². The molecule has 1 unspecified atom stereocenters. The third-order valence-corrected chi connectivity index (χ3v) is 1.75. The van der Waals surface area contributed by atoms with Crippen molar-refractivity contribution in [3.63, 3.8) is 0 Å². The van der Waals surface area contributed by atoms with Crippen LogP contribution in [0.25, 0.3) is 0 Å². The first-order valence-corrected chi connectivity index (χ1v) is 4.74. The Hall–Kier alpha value is -1.67. The molecule has 90 valence electrons. The van der Waals surface area contributed by atoms with Gasteiger partial charge in [-0.25, -0.2) is 0 Å². The lowest BCUT2D eigenvalue weighted by Crippen LogP contribution is -2.24. The number of nitrogen functional groups attached to an aromatic ring is 1. The molecule has 0 amide bonds. The average Bonchev–Trinajstić information content (AvgIpc) is 2.25. The number of rotatable bonds is 5. The van der Waals surface area contributed by atoms with Crippen LogP contribution in [0.4, 0.5) is 17.8 Å². The molecule has 16 heavy (non-hydrogen) atoms. The Labute approximate surface area is 93.2 Å². The Morgan fingerprint density at radius 3 is 2.62 bits per heavy atom. The SMILES string of the molecule is CN(C)c1nc(N)nc(NCC(O)CO)n1. The van der Waals surface area contributed by atoms with Crippen LogP contribution < -0.4 is 16.0 Å². The molecule has 0 radical (unpaired) electrons. The van der Waals surface area contributed by atoms with Crippen LogP contribution in [0.2, 0.25) is 0 Å². The molecule has 0 spiro atoms. The van der Waals surface area contributed by atoms with Gasteiger partial charge in [0.1, 0.15) is 0 Å². The number of aliphatic hydroxyl groups excluding tert-OH is 2. The Morgan fingerprint density at radius 1 is 1.38 bits per heavy atom. The van der Waals surface area contributed by atoms with Gasteiger partial charge in [-0.15, -0.1) is 0 Å². The minimum Gasteiger partial charge on any atom is -0.394 e. The monoisotopic (exact) mass is 228 g/mol. The van der Waals surface area contributed by atoms with Crippen LogP contribution in [0.3, 0.4) is 0 Å². The molecule has 0 aromatic carbocycles. The van der Waals surface area contributed by atoms with Crippen molar-refractivity contribution in [1.82, 2.24) is 15.0 Å². The number of aliphatic hydroxyl groups is 2. The third-order valence-electron chi connectivity index (χ3n) is 1.75. The molecule has 1 aromatic heterocycles. The molecule has 0 fully saturated rings. The van der Waals surface area contributed by atoms with E-state index in [1.54, 1.807) is 19.0 Å². The van der Waals surface area contributed by atoms with Crippen molar-refractivity contribution in [2.45, 2.75) is 6.10 Å². The van der Waals surface area contributed by atoms with Crippen LogP contribution in [0.5, 0.6) is 0 Å². The summed E-state index contributed by atoms with van der Waals surface area (Å²) in [5, 5.41) is 20.5. The summed E-state index contributed by atoms with van der Waals surface area (Å²) in [4.78, 5) is 13.5. The quantitative estimate of drug-likeness (QED) is 0.470. The smallest absolute Gasteiger partial charge is 0.231 e. The molecule has 0 aliphatic carbocycles. The lowest BCUT2D eigenvalue weighted by molar-refractivity contribution is 0.105. The fourth-order valence-electron chi connectivity index (χ4n) is 0.933. The average molecular weight is 228 g/mol. The molecule has 0 saturated carbocycles. The number of nitrogens with one attached hydrogen (secondary N) is 1. The lowest BCUT2D eigenvalue weighted by Gasteiger charge is -2.13. The number of hydrogen-bond donors (Lipinski definition) is 4. The molecule has 1 aromatic rings. The Morgan fingerprint density at radius 2 is 2.06 bits per heavy atom. The number of aromatic nitrogens is 3. The molecular weight excluding hydrogens is 212 g/mol. The molecule has 8 heteroatoms. The predicted molar refractivity (Wildman–Crippen MR) is 60.1 cm³/mol. The second-order valence-corrected chi connectivity index (χ2v) is 3.43. The number of nitrogens with two attached hydrogens (primary N) is 1. The van der Waals surface area contributed by atoms with E-state index < -0.39 is 6.10 Å². The molecule has 1 atom stereocenters. The molecule has 1 heterocycles. The van der Waals surface area contributed by atoms with Crippen molar-refractivity contribution in [2.24, 2.45) is 0 Å². The van der Waals surface area contributed by atoms with Crippen LogP contribution in [0, 0.1) is 0 Å². The minimum atomic E-state index is -0.860. The Bertz CT molecular complexity index is 345. The van der Waals surface area contributed by atoms with Gasteiger partial charge in [-0.05, 0) is 0 Å². The van der Waals surface area contributed by atoms with E-state index >= 15 is 0 Å². The van der Waals surface area contributed by atoms with Crippen LogP contribution in [0.15, 0.2) is 0 Å². The molecule has 5 N–H and O–H groups in total. The summed E-state index contributed by atoms with van der Waals surface area (Å²) < 4.78 is 0. The summed E-state index contributed by atoms with van der Waals surface area (Å²) >= 11 is 0. The van der Waals surface area contributed by atoms with E-state index in [9.17, 15) is 0 Å². The second-order valence-electron chi connectivity index (χ2n) is 3.43. The van der Waals surface area contributed by atoms with E-state index in [1.165, 1.54) is 0 Å². The molecule has 0 aliphatic heterocycles. The Kier molecular flexibility index (Phi) is 4.20. The summed E-state index contributed by atoms with van der Waals surface area (Å²) in [6.07, 6.45) is -0.860. The zero-order valence-electron chi connectivity index (χ0n) is 9.25. The molecular formula is C8H16N6O2. The highest BCUT2D eigenvalue weighted by atomic mass is 16.3. The van der Waals surface area contributed by atoms with Crippen LogP contribution in [-0.4, -0.2) is 58.5 Å². The molecule has 0 bridgehead atoms. The van der Waals surface area contributed by atoms with E-state index in [0.717, 1.165) is 0 Å². The minimum absolute atomic E-state index is 0.0969. The number of hydrogen-bond acceptors (Lipinski definition) is 8. The maximum absolute atomic E-state index is 9.14. The van der Waals surface area contributed by atoms with Crippen LogP contribution >= 0.6 is 0 Å². The highest BCUT2D eigenvalue weighted by Gasteiger charge is 2.07. The van der Waals surface area contributed by atoms with Gasteiger partial charge >= 0.3 is 0 Å². The fraction of sp³-hybridized carbons (Fsp3) is 0.625. The van der Waals surface area contributed by atoms with Gasteiger partial charge in [0.15, 0.2) is 0 Å². The summed E-state index contributed by atoms with van der Waals surface area (Å²) in [7, 11) is 3.56. The van der Waals surface area contributed by atoms with Gasteiger partial charge in [-0.1, -0.05) is 0 Å². The second kappa shape index (κ2) is 5.42. The summed E-state index contributed by atoms with van der Waals surface area (Å²) in [5.41, 5.74) is 5.50. The van der Waals surface area contributed by atoms with Gasteiger partial charge in [0.05, 0.1) is 12.7 Å². The van der Waals surface area contributed by atoms with Crippen molar-refractivity contribution in [3.05, 3.63) is 0 Å². The maximum atomic E-state index is 9.14. The topological polar surface area (TPSA) is 120 Å². The zero-order chi connectivity index (χ0) is 12.1. The molecule has 1 rings (SSSR count). The van der Waals surface area contributed by atoms with Crippen LogP contribution in [0.1, 0.15) is 0 Å². The van der Waals surface area contributed by atoms with Crippen molar-refractivity contribution in [3.8, 4) is 0 Å². The Balaban J connectivity index is 2.72. The summed E-state index contributed by atoms with van der Waals surface area (Å²) in [6, 6.07) is 0. The first kappa shape index (κ1) is 12.4. The maximum Gasteiger partial charge on any atom is 0.231 e. The van der Waals surface area contributed by atoms with Crippen molar-refractivity contribution < 1.29 is 10.2 Å². The highest BCUT2D eigenvalue weighted by molar-refractivity contribution is 5.40. The largest absolute Gasteiger partial charge is 0.394 e. The standard InChI is InChI=1S/C8H16N6O2/c1-14(2)8-12-6(9)11-7(13-8)10-3-5(16)4-15/h5,15-16H,3-4H2,1-2H3,(H3,9,10,11,12,13). The molecule has 8 nitrogen and oxygen atoms in total. The van der Waals surface area contributed by atoms with Crippen molar-refractivity contribution in [2.75, 3.05) is 43.2 Å². The lowest BCUT2D eigenvalue weighted by atomic mass is 10.4. The van der Waals surface area contributed by atoms with E-state index in [4.69, 9.17) is 15.9 Å². The molecule has 0 saturated heterocycles. The fourth-order valence-corrected chi connectivity index (χ4v) is 0.933. The van der Waals surface area contributed by atoms with E-state index in [0.29, 0.717) is 5.95 Å². The zero-order valence-corrected chi connectivity index (χ0v) is 9.25. The van der Waals surface area contributed by atoms with Gasteiger partial charge in [0.2, 0.25) is 17.8 Å². The van der Waals surface area contributed by atoms with Gasteiger partial charge in [0.25, 0.3) is 0 Å². The van der Waals surface area contributed by atoms with E-state index in [2.05, 4.69) is 20.3 Å². The van der Waals surface area contributed by atoms with Gasteiger partial charge in [-0.3, -0.25) is 0 Å². The first-order valence-electron chi connectivity index (χ1n) is 4.74. The van der Waals surface area contributed by atoms with Gasteiger partial charge in [-0.2, -0.15) is 15.0 Å². The normalized spacial score (nSPS) is 12.2. The first-order chi connectivity index (χ1) is 7.52. The van der Waals surface area contributed by atoms with E-state index in [-0.39, 0.29) is 25.0 Å². The predicted octanol–water partition coefficient (Wildman–Crippen LogP) is -1.72. The summed E-state index contributed by atoms with van der Waals surface area (Å²) in [5.74, 6) is 0.789. The molecule has 0 aliphatic rings. The number of anilines is 3. The van der Waals surface area contributed by atoms with Crippen molar-refractivity contribution >= 4 is 17.8 Å². The number of nitrogens with zero attached hydrogens (tertiary/aromatic N) is 4. The third kappa shape index (κ3) is 3.48. The highest BCUT2D eigenvalue weighted by Crippen LogP contribution is 2.08. The van der Waals surface area contributed by atoms with E-state index in [1.807, 2.05) is 0 Å². The summed E-state index contributed by atoms with van der Waals surface area (Å²) in [6.45, 7) is -0.180.